The number of rotatable bonds is 0. The molecule has 4 heterocycles. The monoisotopic (exact) mass is 322 g/mol. The Morgan fingerprint density at radius 1 is 0.500 bits per heavy atom. The summed E-state index contributed by atoms with van der Waals surface area (Å²) in [5.74, 6) is 0. The predicted octanol–water partition coefficient (Wildman–Crippen LogP) is 5.31. The normalized spacial score (nSPS) is 44.7. The lowest BCUT2D eigenvalue weighted by Gasteiger charge is -2.31. The van der Waals surface area contributed by atoms with E-state index in [1.165, 1.54) is 44.5 Å². The number of hydrogen-bond donors (Lipinski definition) is 0. The Labute approximate surface area is 144 Å². The molecule has 2 heteroatoms. The highest BCUT2D eigenvalue weighted by atomic mass is 16.5. The lowest BCUT2D eigenvalue weighted by Crippen LogP contribution is -2.26. The van der Waals surface area contributed by atoms with Gasteiger partial charge in [0.25, 0.3) is 0 Å². The number of hydrogen-bond acceptors (Lipinski definition) is 2. The van der Waals surface area contributed by atoms with Crippen LogP contribution in [0, 0.1) is 0 Å². The van der Waals surface area contributed by atoms with E-state index in [2.05, 4.69) is 67.5 Å². The number of ether oxygens (including phenoxy) is 2. The minimum absolute atomic E-state index is 0.297. The molecule has 0 saturated carbocycles. The molecule has 0 N–H and O–H groups in total. The fourth-order valence-corrected chi connectivity index (χ4v) is 5.76. The van der Waals surface area contributed by atoms with Gasteiger partial charge in [0.15, 0.2) is 0 Å². The second-order valence-electron chi connectivity index (χ2n) is 8.78. The highest BCUT2D eigenvalue weighted by Crippen LogP contribution is 2.66. The number of benzene rings is 1. The van der Waals surface area contributed by atoms with Gasteiger partial charge in [-0.1, -0.05) is 0 Å². The first-order chi connectivity index (χ1) is 11.0. The van der Waals surface area contributed by atoms with E-state index in [1.54, 1.807) is 0 Å². The van der Waals surface area contributed by atoms with E-state index in [0.29, 0.717) is 0 Å². The van der Waals surface area contributed by atoms with Crippen LogP contribution < -0.4 is 0 Å². The van der Waals surface area contributed by atoms with Crippen LogP contribution in [0.3, 0.4) is 0 Å². The van der Waals surface area contributed by atoms with Crippen molar-refractivity contribution < 1.29 is 9.47 Å². The van der Waals surface area contributed by atoms with Gasteiger partial charge in [0.1, 0.15) is 22.4 Å². The molecule has 1 aromatic rings. The first kappa shape index (κ1) is 14.9. The summed E-state index contributed by atoms with van der Waals surface area (Å²) in [7, 11) is 0. The molecular formula is C22H26O2. The summed E-state index contributed by atoms with van der Waals surface area (Å²) in [5.41, 5.74) is 9.59. The van der Waals surface area contributed by atoms with Crippen LogP contribution in [0.25, 0.3) is 0 Å². The van der Waals surface area contributed by atoms with Crippen LogP contribution in [0.2, 0.25) is 0 Å². The second kappa shape index (κ2) is 3.59. The fraction of sp³-hybridized carbons (Fsp3) is 0.545. The van der Waals surface area contributed by atoms with E-state index in [-0.39, 0.29) is 22.4 Å². The van der Waals surface area contributed by atoms with Crippen molar-refractivity contribution >= 4 is 0 Å². The van der Waals surface area contributed by atoms with E-state index in [0.717, 1.165) is 0 Å². The molecule has 126 valence electrons. The van der Waals surface area contributed by atoms with Gasteiger partial charge >= 0.3 is 0 Å². The predicted molar refractivity (Wildman–Crippen MR) is 94.8 cm³/mol. The SMILES string of the molecule is CC1=C(C)C2(C)OC1(C)c1cc3c(cc12)C1(C)OC3(C)C(C)=C1C. The minimum atomic E-state index is -0.297. The molecular weight excluding hydrogens is 296 g/mol. The van der Waals surface area contributed by atoms with Crippen molar-refractivity contribution in [3.8, 4) is 0 Å². The molecule has 0 aromatic heterocycles. The van der Waals surface area contributed by atoms with Gasteiger partial charge in [-0.2, -0.15) is 0 Å². The van der Waals surface area contributed by atoms with Gasteiger partial charge < -0.3 is 9.47 Å². The first-order valence-electron chi connectivity index (χ1n) is 8.97. The van der Waals surface area contributed by atoms with Crippen LogP contribution >= 0.6 is 0 Å². The average Bonchev–Trinajstić information content (AvgIpc) is 3.05. The Kier molecular flexibility index (Phi) is 2.23. The van der Waals surface area contributed by atoms with Gasteiger partial charge in [-0.3, -0.25) is 0 Å². The Bertz CT molecular complexity index is 778. The van der Waals surface area contributed by atoms with Gasteiger partial charge in [-0.25, -0.2) is 0 Å². The summed E-state index contributed by atoms with van der Waals surface area (Å²) in [6.45, 7) is 17.8. The van der Waals surface area contributed by atoms with Crippen LogP contribution in [0.15, 0.2) is 34.4 Å². The molecule has 4 unspecified atom stereocenters. The lowest BCUT2D eigenvalue weighted by atomic mass is 9.68. The van der Waals surface area contributed by atoms with E-state index in [4.69, 9.17) is 9.47 Å². The van der Waals surface area contributed by atoms with Crippen molar-refractivity contribution in [2.24, 2.45) is 0 Å². The summed E-state index contributed by atoms with van der Waals surface area (Å²) in [5, 5.41) is 0. The average molecular weight is 322 g/mol. The Morgan fingerprint density at radius 3 is 0.917 bits per heavy atom. The Hall–Kier alpha value is -1.38. The summed E-state index contributed by atoms with van der Waals surface area (Å²) < 4.78 is 13.2. The van der Waals surface area contributed by atoms with E-state index in [9.17, 15) is 0 Å². The van der Waals surface area contributed by atoms with Gasteiger partial charge in [-0.05, 0) is 112 Å². The molecule has 0 radical (unpaired) electrons. The van der Waals surface area contributed by atoms with Crippen molar-refractivity contribution in [2.45, 2.75) is 77.8 Å². The second-order valence-corrected chi connectivity index (χ2v) is 8.78. The molecule has 1 aromatic carbocycles. The molecule has 0 fully saturated rings. The molecule has 4 bridgehead atoms. The zero-order valence-electron chi connectivity index (χ0n) is 16.0. The molecule has 4 aliphatic heterocycles. The molecule has 24 heavy (non-hydrogen) atoms. The highest BCUT2D eigenvalue weighted by Gasteiger charge is 2.61. The van der Waals surface area contributed by atoms with Crippen molar-refractivity contribution in [1.29, 1.82) is 0 Å². The Balaban J connectivity index is 1.85. The van der Waals surface area contributed by atoms with Crippen LogP contribution in [-0.4, -0.2) is 0 Å². The first-order valence-corrected chi connectivity index (χ1v) is 8.97. The van der Waals surface area contributed by atoms with Gasteiger partial charge in [0.2, 0.25) is 0 Å². The van der Waals surface area contributed by atoms with E-state index < -0.39 is 0 Å². The molecule has 0 saturated heterocycles. The highest BCUT2D eigenvalue weighted by molar-refractivity contribution is 5.65. The maximum absolute atomic E-state index is 6.60. The molecule has 0 amide bonds. The quantitative estimate of drug-likeness (QED) is 0.603. The smallest absolute Gasteiger partial charge is 0.113 e. The van der Waals surface area contributed by atoms with Crippen LogP contribution in [-0.2, 0) is 31.9 Å². The van der Waals surface area contributed by atoms with Crippen molar-refractivity contribution in [3.05, 3.63) is 56.7 Å². The maximum atomic E-state index is 6.60. The fourth-order valence-electron chi connectivity index (χ4n) is 5.76. The van der Waals surface area contributed by atoms with Crippen molar-refractivity contribution in [3.63, 3.8) is 0 Å². The molecule has 5 rings (SSSR count). The molecule has 0 spiro atoms. The zero-order valence-corrected chi connectivity index (χ0v) is 16.0. The molecule has 4 aliphatic rings. The Morgan fingerprint density at radius 2 is 0.708 bits per heavy atom. The maximum Gasteiger partial charge on any atom is 0.113 e. The standard InChI is InChI=1S/C22H26O2/c1-11-12(2)20(6)16-10-18-17(9-15(16)19(11,5)23-20)21(7)13(3)14(4)22(18,8)24-21/h9-10H,1-8H3. The minimum Gasteiger partial charge on any atom is -0.351 e. The van der Waals surface area contributed by atoms with Crippen LogP contribution in [0.5, 0.6) is 0 Å². The van der Waals surface area contributed by atoms with Crippen molar-refractivity contribution in [2.75, 3.05) is 0 Å². The van der Waals surface area contributed by atoms with E-state index in [1.807, 2.05) is 0 Å². The molecule has 4 atom stereocenters. The summed E-state index contributed by atoms with van der Waals surface area (Å²) in [4.78, 5) is 0. The third-order valence-electron chi connectivity index (χ3n) is 8.02. The topological polar surface area (TPSA) is 18.5 Å². The van der Waals surface area contributed by atoms with Crippen LogP contribution in [0.1, 0.15) is 77.6 Å². The van der Waals surface area contributed by atoms with Gasteiger partial charge in [-0.15, -0.1) is 0 Å². The zero-order chi connectivity index (χ0) is 17.4. The summed E-state index contributed by atoms with van der Waals surface area (Å²) in [6, 6.07) is 4.76. The van der Waals surface area contributed by atoms with Gasteiger partial charge in [0.05, 0.1) is 0 Å². The third kappa shape index (κ3) is 1.16. The lowest BCUT2D eigenvalue weighted by molar-refractivity contribution is -0.0616. The summed E-state index contributed by atoms with van der Waals surface area (Å²) in [6.07, 6.45) is 0. The molecule has 2 nitrogen and oxygen atoms in total. The van der Waals surface area contributed by atoms with Crippen LogP contribution in [0.4, 0.5) is 0 Å². The van der Waals surface area contributed by atoms with E-state index >= 15 is 0 Å². The number of fused-ring (bicyclic) bond motifs is 10. The van der Waals surface area contributed by atoms with Crippen molar-refractivity contribution in [1.82, 2.24) is 0 Å². The summed E-state index contributed by atoms with van der Waals surface area (Å²) >= 11 is 0. The third-order valence-corrected chi connectivity index (χ3v) is 8.02. The molecule has 0 aliphatic carbocycles. The van der Waals surface area contributed by atoms with Gasteiger partial charge in [0, 0.05) is 0 Å². The largest absolute Gasteiger partial charge is 0.351 e.